The van der Waals surface area contributed by atoms with Crippen LogP contribution in [0.4, 0.5) is 0 Å². The average Bonchev–Trinajstić information content (AvgIpc) is 2.84. The van der Waals surface area contributed by atoms with Crippen LogP contribution in [-0.4, -0.2) is 25.9 Å². The van der Waals surface area contributed by atoms with Crippen molar-refractivity contribution < 1.29 is 13.2 Å². The number of aryl methyl sites for hydroxylation is 1. The summed E-state index contributed by atoms with van der Waals surface area (Å²) in [5, 5.41) is 3.26. The van der Waals surface area contributed by atoms with Crippen LogP contribution in [0.2, 0.25) is 5.02 Å². The summed E-state index contributed by atoms with van der Waals surface area (Å²) < 4.78 is 27.3. The second-order valence-electron chi connectivity index (χ2n) is 5.07. The summed E-state index contributed by atoms with van der Waals surface area (Å²) in [6.07, 6.45) is 1.64. The van der Waals surface area contributed by atoms with E-state index >= 15 is 0 Å². The van der Waals surface area contributed by atoms with Gasteiger partial charge in [0.2, 0.25) is 10.0 Å². The zero-order valence-electron chi connectivity index (χ0n) is 12.8. The number of hydrogen-bond donors (Lipinski definition) is 2. The molecule has 0 bridgehead atoms. The van der Waals surface area contributed by atoms with E-state index in [0.717, 1.165) is 5.56 Å². The first-order valence-electron chi connectivity index (χ1n) is 6.90. The van der Waals surface area contributed by atoms with E-state index in [1.54, 1.807) is 48.1 Å². The second kappa shape index (κ2) is 7.16. The first kappa shape index (κ1) is 17.5. The minimum atomic E-state index is -3.37. The summed E-state index contributed by atoms with van der Waals surface area (Å²) in [6, 6.07) is 8.67. The van der Waals surface area contributed by atoms with E-state index in [1.807, 2.05) is 0 Å². The van der Waals surface area contributed by atoms with Gasteiger partial charge in [0, 0.05) is 19.8 Å². The predicted octanol–water partition coefficient (Wildman–Crippen LogP) is 1.66. The molecule has 0 aliphatic rings. The molecule has 0 unspecified atom stereocenters. The highest BCUT2D eigenvalue weighted by molar-refractivity contribution is 7.88. The van der Waals surface area contributed by atoms with Gasteiger partial charge in [-0.1, -0.05) is 35.9 Å². The van der Waals surface area contributed by atoms with E-state index in [9.17, 15) is 13.2 Å². The quantitative estimate of drug-likeness (QED) is 0.827. The van der Waals surface area contributed by atoms with Gasteiger partial charge in [-0.05, 0) is 24.2 Å². The number of nitrogens with one attached hydrogen (secondary N) is 2. The number of aromatic nitrogens is 1. The molecule has 0 radical (unpaired) electrons. The molecule has 0 spiro atoms. The predicted molar refractivity (Wildman–Crippen MR) is 89.7 cm³/mol. The number of rotatable bonds is 6. The molecule has 1 heterocycles. The van der Waals surface area contributed by atoms with Gasteiger partial charge < -0.3 is 9.88 Å². The van der Waals surface area contributed by atoms with Crippen LogP contribution in [0.3, 0.4) is 0 Å². The number of benzene rings is 1. The molecule has 0 atom stereocenters. The molecule has 0 saturated heterocycles. The fraction of sp³-hybridized carbons (Fsp3) is 0.267. The highest BCUT2D eigenvalue weighted by atomic mass is 35.5. The molecule has 1 aromatic heterocycles. The zero-order valence-corrected chi connectivity index (χ0v) is 14.4. The van der Waals surface area contributed by atoms with E-state index in [2.05, 4.69) is 10.0 Å². The molecule has 23 heavy (non-hydrogen) atoms. The van der Waals surface area contributed by atoms with E-state index < -0.39 is 10.0 Å². The second-order valence-corrected chi connectivity index (χ2v) is 7.43. The van der Waals surface area contributed by atoms with Gasteiger partial charge in [0.15, 0.2) is 0 Å². The first-order chi connectivity index (χ1) is 10.8. The Morgan fingerprint density at radius 2 is 1.91 bits per heavy atom. The molecular formula is C15H18ClN3O3S. The average molecular weight is 356 g/mol. The molecule has 1 aromatic carbocycles. The maximum atomic E-state index is 12.2. The maximum absolute atomic E-state index is 12.2. The van der Waals surface area contributed by atoms with Gasteiger partial charge in [0.25, 0.3) is 5.91 Å². The third kappa shape index (κ3) is 4.57. The Bertz CT molecular complexity index is 815. The highest BCUT2D eigenvalue weighted by Gasteiger charge is 2.14. The van der Waals surface area contributed by atoms with Crippen molar-refractivity contribution in [3.05, 3.63) is 58.4 Å². The van der Waals surface area contributed by atoms with Crippen LogP contribution in [0.25, 0.3) is 0 Å². The van der Waals surface area contributed by atoms with Crippen molar-refractivity contribution in [2.24, 2.45) is 7.05 Å². The maximum Gasteiger partial charge on any atom is 0.268 e. The Kier molecular flexibility index (Phi) is 5.46. The molecule has 0 aliphatic heterocycles. The number of hydrogen-bond acceptors (Lipinski definition) is 3. The lowest BCUT2D eigenvalue weighted by atomic mass is 10.1. The smallest absolute Gasteiger partial charge is 0.268 e. The first-order valence-corrected chi connectivity index (χ1v) is 8.93. The Balaban J connectivity index is 2.12. The highest BCUT2D eigenvalue weighted by Crippen LogP contribution is 2.14. The topological polar surface area (TPSA) is 80.2 Å². The van der Waals surface area contributed by atoms with Gasteiger partial charge >= 0.3 is 0 Å². The zero-order chi connectivity index (χ0) is 17.0. The molecule has 0 aliphatic carbocycles. The third-order valence-electron chi connectivity index (χ3n) is 3.42. The number of halogens is 1. The molecule has 1 amide bonds. The number of carbonyl (C=O) groups is 1. The number of sulfonamides is 1. The molecular weight excluding hydrogens is 338 g/mol. The summed E-state index contributed by atoms with van der Waals surface area (Å²) >= 11 is 5.87. The number of carbonyl (C=O) groups excluding carboxylic acids is 1. The van der Waals surface area contributed by atoms with Gasteiger partial charge in [-0.15, -0.1) is 0 Å². The van der Waals surface area contributed by atoms with Crippen molar-refractivity contribution in [2.45, 2.75) is 12.3 Å². The van der Waals surface area contributed by atoms with Crippen molar-refractivity contribution in [2.75, 3.05) is 7.05 Å². The molecule has 6 nitrogen and oxygen atoms in total. The third-order valence-corrected chi connectivity index (χ3v) is 4.94. The van der Waals surface area contributed by atoms with E-state index in [-0.39, 0.29) is 18.2 Å². The minimum absolute atomic E-state index is 0.133. The van der Waals surface area contributed by atoms with Crippen molar-refractivity contribution in [1.29, 1.82) is 0 Å². The largest absolute Gasteiger partial charge is 0.347 e. The molecule has 8 heteroatoms. The summed E-state index contributed by atoms with van der Waals surface area (Å²) in [4.78, 5) is 12.2. The minimum Gasteiger partial charge on any atom is -0.347 e. The standard InChI is InChI=1S/C15H18ClN3O3S/c1-17-23(21,22)10-12-6-4-3-5-11(12)8-18-15(20)14-7-13(16)9-19(14)2/h3-7,9,17H,8,10H2,1-2H3,(H,18,20). The fourth-order valence-corrected chi connectivity index (χ4v) is 3.25. The van der Waals surface area contributed by atoms with E-state index in [4.69, 9.17) is 11.6 Å². The van der Waals surface area contributed by atoms with Gasteiger partial charge in [-0.2, -0.15) is 0 Å². The van der Waals surface area contributed by atoms with Crippen molar-refractivity contribution in [1.82, 2.24) is 14.6 Å². The lowest BCUT2D eigenvalue weighted by Crippen LogP contribution is -2.26. The molecule has 124 valence electrons. The van der Waals surface area contributed by atoms with Crippen LogP contribution in [0, 0.1) is 0 Å². The Hall–Kier alpha value is -1.83. The van der Waals surface area contributed by atoms with Crippen LogP contribution in [0.5, 0.6) is 0 Å². The number of amides is 1. The van der Waals surface area contributed by atoms with Gasteiger partial charge in [0.1, 0.15) is 5.69 Å². The number of nitrogens with zero attached hydrogens (tertiary/aromatic N) is 1. The summed E-state index contributed by atoms with van der Waals surface area (Å²) in [6.45, 7) is 0.233. The van der Waals surface area contributed by atoms with E-state index in [1.165, 1.54) is 7.05 Å². The fourth-order valence-electron chi connectivity index (χ4n) is 2.16. The summed E-state index contributed by atoms with van der Waals surface area (Å²) in [5.74, 6) is -0.406. The molecule has 0 saturated carbocycles. The van der Waals surface area contributed by atoms with Gasteiger partial charge in [-0.3, -0.25) is 4.79 Å². The van der Waals surface area contributed by atoms with Gasteiger partial charge in [0.05, 0.1) is 10.8 Å². The van der Waals surface area contributed by atoms with Crippen molar-refractivity contribution in [3.8, 4) is 0 Å². The Morgan fingerprint density at radius 3 is 2.48 bits per heavy atom. The van der Waals surface area contributed by atoms with Crippen molar-refractivity contribution in [3.63, 3.8) is 0 Å². The monoisotopic (exact) mass is 355 g/mol. The Morgan fingerprint density at radius 1 is 1.26 bits per heavy atom. The molecule has 2 aromatic rings. The van der Waals surface area contributed by atoms with E-state index in [0.29, 0.717) is 16.3 Å². The SMILES string of the molecule is CNS(=O)(=O)Cc1ccccc1CNC(=O)c1cc(Cl)cn1C. The van der Waals surface area contributed by atoms with Crippen LogP contribution in [0.15, 0.2) is 36.5 Å². The van der Waals surface area contributed by atoms with Crippen LogP contribution in [-0.2, 0) is 29.4 Å². The Labute approximate surface area is 140 Å². The summed E-state index contributed by atoms with van der Waals surface area (Å²) in [5.41, 5.74) is 1.84. The van der Waals surface area contributed by atoms with Crippen molar-refractivity contribution >= 4 is 27.5 Å². The molecule has 0 fully saturated rings. The normalized spacial score (nSPS) is 11.4. The van der Waals surface area contributed by atoms with Crippen LogP contribution in [0.1, 0.15) is 21.6 Å². The molecule has 2 N–H and O–H groups in total. The lowest BCUT2D eigenvalue weighted by Gasteiger charge is -2.11. The van der Waals surface area contributed by atoms with Crippen LogP contribution < -0.4 is 10.0 Å². The summed E-state index contributed by atoms with van der Waals surface area (Å²) in [7, 11) is -0.269. The lowest BCUT2D eigenvalue weighted by molar-refractivity contribution is 0.0942. The van der Waals surface area contributed by atoms with Gasteiger partial charge in [-0.25, -0.2) is 13.1 Å². The van der Waals surface area contributed by atoms with Crippen LogP contribution >= 0.6 is 11.6 Å². The molecule has 2 rings (SSSR count).